The maximum absolute atomic E-state index is 14.1. The highest BCUT2D eigenvalue weighted by molar-refractivity contribution is 5.93. The van der Waals surface area contributed by atoms with Crippen molar-refractivity contribution in [1.82, 2.24) is 30.2 Å². The molecule has 0 radical (unpaired) electrons. The summed E-state index contributed by atoms with van der Waals surface area (Å²) >= 11 is 0. The number of fused-ring (bicyclic) bond motifs is 1. The molecule has 1 aliphatic carbocycles. The van der Waals surface area contributed by atoms with Crippen molar-refractivity contribution >= 4 is 28.4 Å². The summed E-state index contributed by atoms with van der Waals surface area (Å²) in [6.45, 7) is 1.12. The van der Waals surface area contributed by atoms with Crippen LogP contribution in [0.2, 0.25) is 0 Å². The van der Waals surface area contributed by atoms with Crippen LogP contribution >= 0.6 is 0 Å². The van der Waals surface area contributed by atoms with Gasteiger partial charge in [-0.15, -0.1) is 0 Å². The fourth-order valence-electron chi connectivity index (χ4n) is 4.62. The maximum Gasteiger partial charge on any atom is 0.214 e. The van der Waals surface area contributed by atoms with Gasteiger partial charge in [0, 0.05) is 36.4 Å². The minimum Gasteiger partial charge on any atom is -0.390 e. The van der Waals surface area contributed by atoms with E-state index in [4.69, 9.17) is 9.97 Å². The third-order valence-electron chi connectivity index (χ3n) is 6.76. The molecule has 4 aromatic heterocycles. The first-order valence-corrected chi connectivity index (χ1v) is 11.9. The number of hydrogen-bond donors (Lipinski definition) is 4. The molecule has 5 heterocycles. The molecule has 2 unspecified atom stereocenters. The number of nitrogens with zero attached hydrogens (tertiary/aromatic N) is 5. The van der Waals surface area contributed by atoms with E-state index in [9.17, 15) is 13.9 Å². The van der Waals surface area contributed by atoms with Crippen LogP contribution in [-0.2, 0) is 0 Å². The first-order valence-electron chi connectivity index (χ1n) is 11.9. The van der Waals surface area contributed by atoms with Gasteiger partial charge in [0.25, 0.3) is 0 Å². The molecule has 1 aliphatic heterocycles. The van der Waals surface area contributed by atoms with Gasteiger partial charge in [-0.2, -0.15) is 9.37 Å². The Bertz CT molecular complexity index is 1430. The summed E-state index contributed by atoms with van der Waals surface area (Å²) in [6.07, 6.45) is 7.96. The summed E-state index contributed by atoms with van der Waals surface area (Å²) in [5.41, 5.74) is 2.42. The van der Waals surface area contributed by atoms with Crippen LogP contribution in [0.5, 0.6) is 0 Å². The van der Waals surface area contributed by atoms with E-state index in [0.29, 0.717) is 41.7 Å². The van der Waals surface area contributed by atoms with Crippen molar-refractivity contribution in [2.24, 2.45) is 0 Å². The molecule has 6 rings (SSSR count). The second kappa shape index (κ2) is 9.32. The molecule has 4 aromatic rings. The Balaban J connectivity index is 1.42. The van der Waals surface area contributed by atoms with E-state index in [-0.39, 0.29) is 17.7 Å². The van der Waals surface area contributed by atoms with E-state index in [1.165, 1.54) is 12.6 Å². The molecule has 184 valence electrons. The van der Waals surface area contributed by atoms with E-state index < -0.39 is 17.9 Å². The van der Waals surface area contributed by atoms with Crippen LogP contribution in [0.3, 0.4) is 0 Å². The molecule has 11 heteroatoms. The molecule has 0 spiro atoms. The van der Waals surface area contributed by atoms with Crippen LogP contribution in [-0.4, -0.2) is 55.3 Å². The van der Waals surface area contributed by atoms with Crippen LogP contribution < -0.4 is 16.0 Å². The van der Waals surface area contributed by atoms with Gasteiger partial charge in [0.2, 0.25) is 5.95 Å². The Kier molecular flexibility index (Phi) is 5.86. The van der Waals surface area contributed by atoms with Crippen molar-refractivity contribution in [3.8, 4) is 11.4 Å². The molecule has 2 fully saturated rings. The standard InChI is InChI=1S/C25H24F2N8O/c26-16-4-5-20(27)33-24(16)34-21-8-14(6-7-30-21)23-32-18-11-28-9-15(13-2-1-3-13)22(18)25(35-23)31-17-10-29-12-19(17)36/h4-9,11,13,17,19,29,36H,1-3,10,12H2,(H,30,33,34)(H,31,32,35). The van der Waals surface area contributed by atoms with E-state index >= 15 is 0 Å². The minimum absolute atomic E-state index is 0.199. The number of aliphatic hydroxyl groups is 1. The van der Waals surface area contributed by atoms with Gasteiger partial charge in [-0.25, -0.2) is 19.3 Å². The van der Waals surface area contributed by atoms with Crippen LogP contribution in [0.15, 0.2) is 42.9 Å². The van der Waals surface area contributed by atoms with Crippen LogP contribution in [0.25, 0.3) is 22.3 Å². The Morgan fingerprint density at radius 2 is 1.89 bits per heavy atom. The highest BCUT2D eigenvalue weighted by Gasteiger charge is 2.29. The summed E-state index contributed by atoms with van der Waals surface area (Å²) in [5, 5.41) is 20.7. The lowest BCUT2D eigenvalue weighted by atomic mass is 9.79. The number of halogens is 2. The van der Waals surface area contributed by atoms with Gasteiger partial charge in [0.05, 0.1) is 23.9 Å². The zero-order valence-corrected chi connectivity index (χ0v) is 19.2. The van der Waals surface area contributed by atoms with E-state index in [1.54, 1.807) is 18.3 Å². The lowest BCUT2D eigenvalue weighted by molar-refractivity contribution is 0.185. The van der Waals surface area contributed by atoms with Gasteiger partial charge in [0.15, 0.2) is 17.5 Å². The van der Waals surface area contributed by atoms with Gasteiger partial charge >= 0.3 is 0 Å². The third kappa shape index (κ3) is 4.31. The van der Waals surface area contributed by atoms with Crippen molar-refractivity contribution in [3.05, 3.63) is 60.2 Å². The smallest absolute Gasteiger partial charge is 0.214 e. The molecule has 1 saturated carbocycles. The summed E-state index contributed by atoms with van der Waals surface area (Å²) < 4.78 is 27.6. The molecule has 4 N–H and O–H groups in total. The van der Waals surface area contributed by atoms with Gasteiger partial charge in [-0.3, -0.25) is 4.98 Å². The number of pyridine rings is 3. The highest BCUT2D eigenvalue weighted by atomic mass is 19.1. The zero-order chi connectivity index (χ0) is 24.6. The molecule has 36 heavy (non-hydrogen) atoms. The average Bonchev–Trinajstić information content (AvgIpc) is 3.24. The molecule has 0 aromatic carbocycles. The molecular formula is C25H24F2N8O. The van der Waals surface area contributed by atoms with Crippen molar-refractivity contribution < 1.29 is 13.9 Å². The van der Waals surface area contributed by atoms with E-state index in [1.807, 2.05) is 6.20 Å². The van der Waals surface area contributed by atoms with Gasteiger partial charge in [-0.05, 0) is 48.6 Å². The van der Waals surface area contributed by atoms with Crippen molar-refractivity contribution in [2.75, 3.05) is 23.7 Å². The zero-order valence-electron chi connectivity index (χ0n) is 19.2. The maximum atomic E-state index is 14.1. The Morgan fingerprint density at radius 3 is 2.67 bits per heavy atom. The molecule has 0 amide bonds. The predicted molar refractivity (Wildman–Crippen MR) is 131 cm³/mol. The highest BCUT2D eigenvalue weighted by Crippen LogP contribution is 2.41. The number of aromatic nitrogens is 5. The van der Waals surface area contributed by atoms with E-state index in [2.05, 4.69) is 30.9 Å². The number of hydrogen-bond acceptors (Lipinski definition) is 9. The summed E-state index contributed by atoms with van der Waals surface area (Å²) in [7, 11) is 0. The number of nitrogens with one attached hydrogen (secondary N) is 3. The second-order valence-corrected chi connectivity index (χ2v) is 9.14. The minimum atomic E-state index is -0.804. The molecule has 2 aliphatic rings. The summed E-state index contributed by atoms with van der Waals surface area (Å²) in [5.74, 6) is -0.0455. The monoisotopic (exact) mass is 490 g/mol. The summed E-state index contributed by atoms with van der Waals surface area (Å²) in [4.78, 5) is 21.8. The fourth-order valence-corrected chi connectivity index (χ4v) is 4.62. The van der Waals surface area contributed by atoms with Crippen LogP contribution in [0, 0.1) is 11.8 Å². The fraction of sp³-hybridized carbons (Fsp3) is 0.320. The second-order valence-electron chi connectivity index (χ2n) is 9.14. The molecular weight excluding hydrogens is 466 g/mol. The molecule has 9 nitrogen and oxygen atoms in total. The first-order chi connectivity index (χ1) is 17.5. The van der Waals surface area contributed by atoms with E-state index in [0.717, 1.165) is 35.9 Å². The molecule has 1 saturated heterocycles. The lowest BCUT2D eigenvalue weighted by Crippen LogP contribution is -2.32. The van der Waals surface area contributed by atoms with Gasteiger partial charge < -0.3 is 21.1 Å². The van der Waals surface area contributed by atoms with Gasteiger partial charge in [-0.1, -0.05) is 6.42 Å². The van der Waals surface area contributed by atoms with Crippen LogP contribution in [0.4, 0.5) is 26.2 Å². The Morgan fingerprint density at radius 1 is 1.00 bits per heavy atom. The van der Waals surface area contributed by atoms with Crippen molar-refractivity contribution in [2.45, 2.75) is 37.3 Å². The number of aliphatic hydroxyl groups excluding tert-OH is 1. The van der Waals surface area contributed by atoms with Crippen LogP contribution in [0.1, 0.15) is 30.7 Å². The largest absolute Gasteiger partial charge is 0.390 e. The molecule has 0 bridgehead atoms. The topological polar surface area (TPSA) is 121 Å². The first kappa shape index (κ1) is 22.6. The molecule has 2 atom stereocenters. The Labute approximate surface area is 205 Å². The quantitative estimate of drug-likeness (QED) is 0.301. The normalized spacial score (nSPS) is 19.9. The van der Waals surface area contributed by atoms with Crippen molar-refractivity contribution in [1.29, 1.82) is 0 Å². The number of β-amino-alcohol motifs (C(OH)–C–C–N with tert-alkyl or cyclic N) is 1. The number of rotatable bonds is 6. The lowest BCUT2D eigenvalue weighted by Gasteiger charge is -2.27. The van der Waals surface area contributed by atoms with Gasteiger partial charge in [0.1, 0.15) is 11.6 Å². The van der Waals surface area contributed by atoms with Crippen molar-refractivity contribution in [3.63, 3.8) is 0 Å². The summed E-state index contributed by atoms with van der Waals surface area (Å²) in [6, 6.07) is 5.13. The number of anilines is 3. The SMILES string of the molecule is OC1CNCC1Nc1nc(-c2ccnc(Nc3nc(F)ccc3F)c2)nc2cncc(C3CCC3)c12. The average molecular weight is 491 g/mol. The Hall–Kier alpha value is -3.83. The predicted octanol–water partition coefficient (Wildman–Crippen LogP) is 3.52. The third-order valence-corrected chi connectivity index (χ3v) is 6.76.